The molecule has 3 aromatic rings. The van der Waals surface area contributed by atoms with Gasteiger partial charge in [0.1, 0.15) is 6.04 Å². The van der Waals surface area contributed by atoms with Gasteiger partial charge in [-0.1, -0.05) is 6.07 Å². The van der Waals surface area contributed by atoms with Gasteiger partial charge in [0.25, 0.3) is 5.91 Å². The molecular formula is C30H30F3N5O5. The molecule has 2 fully saturated rings. The number of amides is 3. The van der Waals surface area contributed by atoms with Gasteiger partial charge in [0, 0.05) is 43.4 Å². The number of nitrogens with zero attached hydrogens (tertiary/aromatic N) is 4. The monoisotopic (exact) mass is 597 g/mol. The second kappa shape index (κ2) is 11.4. The van der Waals surface area contributed by atoms with Crippen molar-refractivity contribution in [2.24, 2.45) is 0 Å². The number of carbonyl (C=O) groups is 4. The van der Waals surface area contributed by atoms with E-state index in [4.69, 9.17) is 4.98 Å². The molecule has 1 N–H and O–H groups in total. The van der Waals surface area contributed by atoms with Crippen LogP contribution in [0.25, 0.3) is 22.3 Å². The summed E-state index contributed by atoms with van der Waals surface area (Å²) in [4.78, 5) is 57.0. The number of hydrogen-bond donors (Lipinski definition) is 1. The summed E-state index contributed by atoms with van der Waals surface area (Å²) < 4.78 is 43.7. The molecule has 6 rings (SSSR count). The van der Waals surface area contributed by atoms with Crippen molar-refractivity contribution < 1.29 is 37.1 Å². The Morgan fingerprint density at radius 1 is 1.09 bits per heavy atom. The Hall–Kier alpha value is -4.26. The van der Waals surface area contributed by atoms with Crippen LogP contribution in [-0.4, -0.2) is 75.0 Å². The first-order chi connectivity index (χ1) is 20.6. The normalized spacial score (nSPS) is 19.3. The largest absolute Gasteiger partial charge is 0.490 e. The maximum Gasteiger partial charge on any atom is 0.490 e. The first-order valence-electron chi connectivity index (χ1n) is 14.3. The smallest absolute Gasteiger partial charge is 0.459 e. The Morgan fingerprint density at radius 3 is 2.63 bits per heavy atom. The predicted molar refractivity (Wildman–Crippen MR) is 147 cm³/mol. The highest BCUT2D eigenvalue weighted by molar-refractivity contribution is 6.05. The molecule has 226 valence electrons. The van der Waals surface area contributed by atoms with E-state index in [1.807, 2.05) is 35.0 Å². The number of aryl methyl sites for hydroxylation is 1. The van der Waals surface area contributed by atoms with E-state index < -0.39 is 24.1 Å². The number of ether oxygens (including phenoxy) is 1. The number of benzene rings is 1. The zero-order valence-electron chi connectivity index (χ0n) is 23.3. The van der Waals surface area contributed by atoms with Crippen LogP contribution in [0.1, 0.15) is 53.6 Å². The summed E-state index contributed by atoms with van der Waals surface area (Å²) >= 11 is 0. The Balaban J connectivity index is 1.26. The number of esters is 1. The lowest BCUT2D eigenvalue weighted by Gasteiger charge is -2.29. The number of alkyl halides is 3. The number of imide groups is 1. The van der Waals surface area contributed by atoms with E-state index in [1.165, 1.54) is 4.90 Å². The summed E-state index contributed by atoms with van der Waals surface area (Å²) in [6.45, 7) is 2.85. The predicted octanol–water partition coefficient (Wildman–Crippen LogP) is 3.56. The van der Waals surface area contributed by atoms with E-state index in [1.54, 1.807) is 6.07 Å². The minimum absolute atomic E-state index is 0.184. The second-order valence-electron chi connectivity index (χ2n) is 11.2. The summed E-state index contributed by atoms with van der Waals surface area (Å²) in [6.07, 6.45) is -0.290. The maximum absolute atomic E-state index is 13.1. The minimum atomic E-state index is -5.02. The van der Waals surface area contributed by atoms with E-state index in [0.717, 1.165) is 53.7 Å². The number of fused-ring (bicyclic) bond motifs is 2. The number of carbonyl (C=O) groups excluding carboxylic acids is 4. The van der Waals surface area contributed by atoms with Gasteiger partial charge in [-0.15, -0.1) is 0 Å². The quantitative estimate of drug-likeness (QED) is 0.240. The summed E-state index contributed by atoms with van der Waals surface area (Å²) in [7, 11) is 0. The van der Waals surface area contributed by atoms with Crippen molar-refractivity contribution in [1.82, 2.24) is 24.7 Å². The molecule has 3 aliphatic rings. The van der Waals surface area contributed by atoms with Gasteiger partial charge < -0.3 is 14.2 Å². The maximum atomic E-state index is 13.1. The number of hydrogen-bond acceptors (Lipinski definition) is 7. The van der Waals surface area contributed by atoms with Crippen LogP contribution in [-0.2, 0) is 38.8 Å². The Kier molecular flexibility index (Phi) is 7.67. The Labute approximate surface area is 244 Å². The highest BCUT2D eigenvalue weighted by atomic mass is 19.4. The summed E-state index contributed by atoms with van der Waals surface area (Å²) in [5, 5.41) is 2.32. The van der Waals surface area contributed by atoms with Crippen LogP contribution in [0, 0.1) is 0 Å². The standard InChI is InChI=1S/C30H30F3N5O5/c31-30(32,33)29(42)43-13-3-11-37-12-8-22-26(37)20(16-36-9-1-2-10-36)15-23(34-22)18-4-5-21-19(14-18)17-38(28(21)41)24-6-7-25(39)35-27(24)40/h4-5,8,12,14-15,24H,1-3,6-7,9-11,13,16-17H2,(H,35,39,40). The molecule has 2 aromatic heterocycles. The SMILES string of the molecule is O=C1CCC(N2Cc3cc(-c4cc(CN5CCCC5)c5c(ccn5CCCOC(=O)C(F)(F)F)n4)ccc3C2=O)C(=O)N1. The van der Waals surface area contributed by atoms with E-state index in [2.05, 4.69) is 15.0 Å². The lowest BCUT2D eigenvalue weighted by molar-refractivity contribution is -0.199. The van der Waals surface area contributed by atoms with Gasteiger partial charge in [-0.25, -0.2) is 9.78 Å². The van der Waals surface area contributed by atoms with Gasteiger partial charge in [-0.2, -0.15) is 13.2 Å². The number of nitrogens with one attached hydrogen (secondary N) is 1. The molecule has 3 aliphatic heterocycles. The van der Waals surface area contributed by atoms with Crippen LogP contribution in [0.4, 0.5) is 13.2 Å². The van der Waals surface area contributed by atoms with Gasteiger partial charge in [-0.3, -0.25) is 24.6 Å². The van der Waals surface area contributed by atoms with Crippen molar-refractivity contribution in [3.63, 3.8) is 0 Å². The molecule has 1 aromatic carbocycles. The van der Waals surface area contributed by atoms with Crippen molar-refractivity contribution in [1.29, 1.82) is 0 Å². The van der Waals surface area contributed by atoms with Crippen LogP contribution in [0.15, 0.2) is 36.5 Å². The summed E-state index contributed by atoms with van der Waals surface area (Å²) in [6, 6.07) is 8.67. The molecule has 0 spiro atoms. The highest BCUT2D eigenvalue weighted by Crippen LogP contribution is 2.33. The molecular weight excluding hydrogens is 567 g/mol. The molecule has 43 heavy (non-hydrogen) atoms. The molecule has 0 aliphatic carbocycles. The van der Waals surface area contributed by atoms with Gasteiger partial charge in [0.15, 0.2) is 0 Å². The first kappa shape index (κ1) is 28.8. The third kappa shape index (κ3) is 5.85. The molecule has 13 heteroatoms. The fourth-order valence-electron chi connectivity index (χ4n) is 6.15. The molecule has 0 saturated carbocycles. The number of aromatic nitrogens is 2. The molecule has 2 saturated heterocycles. The van der Waals surface area contributed by atoms with Crippen molar-refractivity contribution in [3.05, 3.63) is 53.2 Å². The zero-order valence-corrected chi connectivity index (χ0v) is 23.3. The van der Waals surface area contributed by atoms with E-state index in [0.29, 0.717) is 24.3 Å². The van der Waals surface area contributed by atoms with E-state index in [9.17, 15) is 32.3 Å². The molecule has 10 nitrogen and oxygen atoms in total. The van der Waals surface area contributed by atoms with E-state index >= 15 is 0 Å². The Bertz CT molecular complexity index is 1610. The fourth-order valence-corrected chi connectivity index (χ4v) is 6.15. The van der Waals surface area contributed by atoms with Crippen molar-refractivity contribution >= 4 is 34.7 Å². The number of likely N-dealkylation sites (tertiary alicyclic amines) is 1. The third-order valence-corrected chi connectivity index (χ3v) is 8.22. The van der Waals surface area contributed by atoms with Gasteiger partial charge in [0.2, 0.25) is 11.8 Å². The molecule has 1 unspecified atom stereocenters. The van der Waals surface area contributed by atoms with E-state index in [-0.39, 0.29) is 44.2 Å². The lowest BCUT2D eigenvalue weighted by atomic mass is 10.0. The van der Waals surface area contributed by atoms with Crippen LogP contribution in [0.2, 0.25) is 0 Å². The zero-order chi connectivity index (χ0) is 30.3. The topological polar surface area (TPSA) is 114 Å². The summed E-state index contributed by atoms with van der Waals surface area (Å²) in [5.74, 6) is -3.23. The second-order valence-corrected chi connectivity index (χ2v) is 11.2. The van der Waals surface area contributed by atoms with Crippen molar-refractivity contribution in [2.45, 2.75) is 64.0 Å². The van der Waals surface area contributed by atoms with Gasteiger partial charge in [0.05, 0.1) is 23.3 Å². The highest BCUT2D eigenvalue weighted by Gasteiger charge is 2.41. The number of halogens is 3. The van der Waals surface area contributed by atoms with Crippen LogP contribution in [0.3, 0.4) is 0 Å². The number of rotatable bonds is 8. The van der Waals surface area contributed by atoms with Crippen molar-refractivity contribution in [3.8, 4) is 11.3 Å². The summed E-state index contributed by atoms with van der Waals surface area (Å²) in [5.41, 5.74) is 5.44. The lowest BCUT2D eigenvalue weighted by Crippen LogP contribution is -2.52. The fraction of sp³-hybridized carbons (Fsp3) is 0.433. The molecule has 0 bridgehead atoms. The molecule has 3 amide bonds. The van der Waals surface area contributed by atoms with Crippen molar-refractivity contribution in [2.75, 3.05) is 19.7 Å². The molecule has 5 heterocycles. The molecule has 0 radical (unpaired) electrons. The third-order valence-electron chi connectivity index (χ3n) is 8.22. The number of pyridine rings is 1. The van der Waals surface area contributed by atoms with Gasteiger partial charge in [-0.05, 0) is 74.2 Å². The van der Waals surface area contributed by atoms with Gasteiger partial charge >= 0.3 is 12.1 Å². The average molecular weight is 598 g/mol. The molecule has 1 atom stereocenters. The van der Waals surface area contributed by atoms with Crippen LogP contribution < -0.4 is 5.32 Å². The Morgan fingerprint density at radius 2 is 1.88 bits per heavy atom. The first-order valence-corrected chi connectivity index (χ1v) is 14.3. The number of piperidine rings is 1. The van der Waals surface area contributed by atoms with Crippen LogP contribution in [0.5, 0.6) is 0 Å². The minimum Gasteiger partial charge on any atom is -0.459 e. The van der Waals surface area contributed by atoms with Crippen LogP contribution >= 0.6 is 0 Å². The average Bonchev–Trinajstić information content (AvgIpc) is 3.70.